The third-order valence-electron chi connectivity index (χ3n) is 2.78. The number of rotatable bonds is 4. The van der Waals surface area contributed by atoms with E-state index in [0.29, 0.717) is 5.02 Å². The largest absolute Gasteiger partial charge is 0.491 e. The van der Waals surface area contributed by atoms with Gasteiger partial charge in [-0.3, -0.25) is 0 Å². The molecule has 0 heterocycles. The van der Waals surface area contributed by atoms with Gasteiger partial charge >= 0.3 is 0 Å². The maximum Gasteiger partial charge on any atom is 0.119 e. The Morgan fingerprint density at radius 2 is 1.60 bits per heavy atom. The zero-order valence-electron chi connectivity index (χ0n) is 11.2. The molecule has 0 aliphatic heterocycles. The van der Waals surface area contributed by atoms with Gasteiger partial charge in [-0.15, -0.1) is 0 Å². The summed E-state index contributed by atoms with van der Waals surface area (Å²) in [5.74, 6) is 0.890. The van der Waals surface area contributed by atoms with Crippen molar-refractivity contribution in [1.29, 1.82) is 0 Å². The van der Waals surface area contributed by atoms with Crippen LogP contribution in [0.4, 0.5) is 0 Å². The zero-order chi connectivity index (χ0) is 14.7. The van der Waals surface area contributed by atoms with Crippen LogP contribution in [0.3, 0.4) is 0 Å². The van der Waals surface area contributed by atoms with E-state index in [1.807, 2.05) is 44.2 Å². The van der Waals surface area contributed by atoms with E-state index in [4.69, 9.17) is 16.3 Å². The Kier molecular flexibility index (Phi) is 5.53. The highest BCUT2D eigenvalue weighted by Gasteiger charge is 2.12. The molecule has 0 amide bonds. The summed E-state index contributed by atoms with van der Waals surface area (Å²) in [6.45, 7) is 4.04. The molecule has 2 rings (SSSR count). The molecule has 0 saturated carbocycles. The fourth-order valence-electron chi connectivity index (χ4n) is 1.85. The second-order valence-corrected chi connectivity index (χ2v) is 6.95. The van der Waals surface area contributed by atoms with Gasteiger partial charge in [0, 0.05) is 4.47 Å². The molecule has 0 fully saturated rings. The quantitative estimate of drug-likeness (QED) is 0.524. The Balaban J connectivity index is 2.20. The Morgan fingerprint density at radius 1 is 1.00 bits per heavy atom. The van der Waals surface area contributed by atoms with Crippen LogP contribution in [-0.4, -0.2) is 6.10 Å². The molecule has 0 bridgehead atoms. The van der Waals surface area contributed by atoms with Gasteiger partial charge in [0.1, 0.15) is 5.75 Å². The molecule has 1 atom stereocenters. The minimum absolute atomic E-state index is 0.129. The van der Waals surface area contributed by atoms with Crippen LogP contribution in [0.25, 0.3) is 0 Å². The van der Waals surface area contributed by atoms with Crippen molar-refractivity contribution in [3.05, 3.63) is 63.1 Å². The van der Waals surface area contributed by atoms with Crippen LogP contribution >= 0.6 is 43.5 Å². The monoisotopic (exact) mass is 416 g/mol. The second kappa shape index (κ2) is 6.97. The molecule has 1 nitrogen and oxygen atoms in total. The van der Waals surface area contributed by atoms with Gasteiger partial charge in [-0.2, -0.15) is 0 Å². The molecule has 2 aromatic rings. The van der Waals surface area contributed by atoms with E-state index >= 15 is 0 Å². The number of halogens is 3. The van der Waals surface area contributed by atoms with Gasteiger partial charge < -0.3 is 4.74 Å². The van der Waals surface area contributed by atoms with Crippen molar-refractivity contribution >= 4 is 43.5 Å². The number of hydrogen-bond donors (Lipinski definition) is 0. The minimum atomic E-state index is 0.129. The maximum atomic E-state index is 6.02. The van der Waals surface area contributed by atoms with Crippen molar-refractivity contribution < 1.29 is 4.74 Å². The van der Waals surface area contributed by atoms with E-state index in [1.54, 1.807) is 0 Å². The standard InChI is InChI=1S/C16H15Br2ClO/c1-10(2)20-13-6-3-11(4-7-13)16(18)12-5-8-15(19)14(17)9-12/h3-10,16H,1-2H3. The first kappa shape index (κ1) is 15.9. The normalized spacial score (nSPS) is 12.5. The van der Waals surface area contributed by atoms with Gasteiger partial charge in [0.05, 0.1) is 16.0 Å². The average Bonchev–Trinajstić information content (AvgIpc) is 2.41. The highest BCUT2D eigenvalue weighted by Crippen LogP contribution is 2.35. The Hall–Kier alpha value is -0.510. The fourth-order valence-corrected chi connectivity index (χ4v) is 2.95. The molecule has 0 radical (unpaired) electrons. The second-order valence-electron chi connectivity index (χ2n) is 4.77. The van der Waals surface area contributed by atoms with Crippen molar-refractivity contribution in [2.24, 2.45) is 0 Å². The molecule has 0 saturated heterocycles. The van der Waals surface area contributed by atoms with E-state index in [9.17, 15) is 0 Å². The van der Waals surface area contributed by atoms with Gasteiger partial charge in [0.15, 0.2) is 0 Å². The maximum absolute atomic E-state index is 6.02. The van der Waals surface area contributed by atoms with Gasteiger partial charge in [0.25, 0.3) is 0 Å². The minimum Gasteiger partial charge on any atom is -0.491 e. The molecule has 4 heteroatoms. The molecule has 2 aromatic carbocycles. The van der Waals surface area contributed by atoms with E-state index in [0.717, 1.165) is 15.8 Å². The summed E-state index contributed by atoms with van der Waals surface area (Å²) in [4.78, 5) is 0.129. The summed E-state index contributed by atoms with van der Waals surface area (Å²) < 4.78 is 6.55. The van der Waals surface area contributed by atoms with E-state index in [-0.39, 0.29) is 10.9 Å². The van der Waals surface area contributed by atoms with Crippen LogP contribution in [0, 0.1) is 0 Å². The van der Waals surface area contributed by atoms with Crippen LogP contribution in [0.2, 0.25) is 5.02 Å². The molecule has 106 valence electrons. The lowest BCUT2D eigenvalue weighted by atomic mass is 10.0. The first-order valence-electron chi connectivity index (χ1n) is 6.33. The molecule has 0 aliphatic rings. The van der Waals surface area contributed by atoms with E-state index < -0.39 is 0 Å². The van der Waals surface area contributed by atoms with Crippen molar-refractivity contribution in [3.63, 3.8) is 0 Å². The summed E-state index contributed by atoms with van der Waals surface area (Å²) >= 11 is 13.2. The Labute approximate surface area is 141 Å². The summed E-state index contributed by atoms with van der Waals surface area (Å²) in [5.41, 5.74) is 2.33. The van der Waals surface area contributed by atoms with Crippen molar-refractivity contribution in [2.75, 3.05) is 0 Å². The lowest BCUT2D eigenvalue weighted by Gasteiger charge is -2.14. The number of benzene rings is 2. The van der Waals surface area contributed by atoms with Gasteiger partial charge in [-0.05, 0) is 65.2 Å². The van der Waals surface area contributed by atoms with E-state index in [1.165, 1.54) is 5.56 Å². The van der Waals surface area contributed by atoms with Crippen LogP contribution in [-0.2, 0) is 0 Å². The first-order valence-corrected chi connectivity index (χ1v) is 8.41. The van der Waals surface area contributed by atoms with Crippen molar-refractivity contribution in [1.82, 2.24) is 0 Å². The smallest absolute Gasteiger partial charge is 0.119 e. The van der Waals surface area contributed by atoms with Crippen LogP contribution in [0.5, 0.6) is 5.75 Å². The highest BCUT2D eigenvalue weighted by molar-refractivity contribution is 9.10. The molecule has 1 unspecified atom stereocenters. The fraction of sp³-hybridized carbons (Fsp3) is 0.250. The summed E-state index contributed by atoms with van der Waals surface area (Å²) in [6.07, 6.45) is 0.188. The summed E-state index contributed by atoms with van der Waals surface area (Å²) in [6, 6.07) is 14.1. The van der Waals surface area contributed by atoms with Gasteiger partial charge in [0.2, 0.25) is 0 Å². The zero-order valence-corrected chi connectivity index (χ0v) is 15.2. The average molecular weight is 419 g/mol. The Bertz CT molecular complexity index is 582. The lowest BCUT2D eigenvalue weighted by Crippen LogP contribution is -2.05. The first-order chi connectivity index (χ1) is 9.47. The van der Waals surface area contributed by atoms with Gasteiger partial charge in [-0.25, -0.2) is 0 Å². The van der Waals surface area contributed by atoms with Crippen LogP contribution < -0.4 is 4.74 Å². The third kappa shape index (κ3) is 4.00. The molecule has 0 aromatic heterocycles. The summed E-state index contributed by atoms with van der Waals surface area (Å²) in [5, 5.41) is 0.717. The molecule has 0 aliphatic carbocycles. The molecular weight excluding hydrogens is 403 g/mol. The third-order valence-corrected chi connectivity index (χ3v) is 5.05. The molecule has 0 spiro atoms. The predicted molar refractivity (Wildman–Crippen MR) is 92.1 cm³/mol. The van der Waals surface area contributed by atoms with Crippen LogP contribution in [0.1, 0.15) is 29.8 Å². The number of alkyl halides is 1. The number of ether oxygens (including phenoxy) is 1. The molecule has 0 N–H and O–H groups in total. The highest BCUT2D eigenvalue weighted by atomic mass is 79.9. The lowest BCUT2D eigenvalue weighted by molar-refractivity contribution is 0.242. The van der Waals surface area contributed by atoms with Crippen molar-refractivity contribution in [3.8, 4) is 5.75 Å². The topological polar surface area (TPSA) is 9.23 Å². The SMILES string of the molecule is CC(C)Oc1ccc(C(Br)c2ccc(Cl)c(Br)c2)cc1. The van der Waals surface area contributed by atoms with Gasteiger partial charge in [-0.1, -0.05) is 45.7 Å². The van der Waals surface area contributed by atoms with Crippen LogP contribution in [0.15, 0.2) is 46.9 Å². The number of hydrogen-bond acceptors (Lipinski definition) is 1. The Morgan fingerprint density at radius 3 is 2.15 bits per heavy atom. The predicted octanol–water partition coefficient (Wildman–Crippen LogP) is 6.37. The molecule has 20 heavy (non-hydrogen) atoms. The van der Waals surface area contributed by atoms with Crippen molar-refractivity contribution in [2.45, 2.75) is 24.8 Å². The summed E-state index contributed by atoms with van der Waals surface area (Å²) in [7, 11) is 0. The van der Waals surface area contributed by atoms with E-state index in [2.05, 4.69) is 44.0 Å². The molecular formula is C16H15Br2ClO.